The summed E-state index contributed by atoms with van der Waals surface area (Å²) in [6, 6.07) is 0. The second-order valence-corrected chi connectivity index (χ2v) is 6.21. The van der Waals surface area contributed by atoms with Crippen molar-refractivity contribution in [3.8, 4) is 0 Å². The number of carbonyl (C=O) groups is 1. The normalized spacial score (nSPS) is 15.5. The molecule has 3 nitrogen and oxygen atoms in total. The van der Waals surface area contributed by atoms with Gasteiger partial charge in [-0.15, -0.1) is 0 Å². The van der Waals surface area contributed by atoms with E-state index in [4.69, 9.17) is 4.74 Å². The monoisotopic (exact) mass is 300 g/mol. The molecule has 0 aliphatic heterocycles. The second-order valence-electron chi connectivity index (χ2n) is 6.21. The first-order chi connectivity index (χ1) is 10.1. The molecule has 3 unspecified atom stereocenters. The van der Waals surface area contributed by atoms with Gasteiger partial charge in [0.1, 0.15) is 0 Å². The Hall–Kier alpha value is -0.570. The summed E-state index contributed by atoms with van der Waals surface area (Å²) in [4.78, 5) is 11.9. The molecule has 21 heavy (non-hydrogen) atoms. The van der Waals surface area contributed by atoms with Crippen molar-refractivity contribution in [2.24, 2.45) is 11.8 Å². The van der Waals surface area contributed by atoms with Gasteiger partial charge in [0, 0.05) is 0 Å². The standard InChI is InChI=1S/C18H36O3/c1-5-9-11-15(7-3)13-17(19)18(20)21-14-16(8-4)12-10-6-2/h15-17,19H,5-14H2,1-4H3. The van der Waals surface area contributed by atoms with Crippen LogP contribution in [0.25, 0.3) is 0 Å². The molecule has 0 aliphatic carbocycles. The molecule has 0 spiro atoms. The van der Waals surface area contributed by atoms with Crippen LogP contribution >= 0.6 is 0 Å². The van der Waals surface area contributed by atoms with E-state index in [9.17, 15) is 9.90 Å². The van der Waals surface area contributed by atoms with Crippen LogP contribution in [-0.4, -0.2) is 23.8 Å². The van der Waals surface area contributed by atoms with Gasteiger partial charge in [-0.1, -0.05) is 72.6 Å². The molecular formula is C18H36O3. The van der Waals surface area contributed by atoms with Crippen molar-refractivity contribution >= 4 is 5.97 Å². The number of ether oxygens (including phenoxy) is 1. The van der Waals surface area contributed by atoms with Gasteiger partial charge in [-0.05, 0) is 24.7 Å². The molecule has 0 saturated carbocycles. The summed E-state index contributed by atoms with van der Waals surface area (Å²) in [6.07, 6.45) is 8.49. The van der Waals surface area contributed by atoms with Gasteiger partial charge in [0.05, 0.1) is 6.61 Å². The van der Waals surface area contributed by atoms with Crippen LogP contribution in [-0.2, 0) is 9.53 Å². The van der Waals surface area contributed by atoms with E-state index in [-0.39, 0.29) is 0 Å². The summed E-state index contributed by atoms with van der Waals surface area (Å²) in [7, 11) is 0. The number of aliphatic hydroxyl groups excluding tert-OH is 1. The Bertz CT molecular complexity index is 253. The highest BCUT2D eigenvalue weighted by atomic mass is 16.5. The van der Waals surface area contributed by atoms with Crippen LogP contribution in [0.1, 0.15) is 85.5 Å². The summed E-state index contributed by atoms with van der Waals surface area (Å²) >= 11 is 0. The smallest absolute Gasteiger partial charge is 0.334 e. The average Bonchev–Trinajstić information content (AvgIpc) is 2.50. The molecule has 0 aromatic heterocycles. The van der Waals surface area contributed by atoms with Crippen molar-refractivity contribution in [1.29, 1.82) is 0 Å². The Kier molecular flexibility index (Phi) is 12.8. The summed E-state index contributed by atoms with van der Waals surface area (Å²) in [5.41, 5.74) is 0. The first kappa shape index (κ1) is 20.4. The molecule has 0 aromatic carbocycles. The third-order valence-electron chi connectivity index (χ3n) is 4.38. The molecule has 0 aromatic rings. The highest BCUT2D eigenvalue weighted by Crippen LogP contribution is 2.19. The number of aliphatic hydroxyl groups is 1. The van der Waals surface area contributed by atoms with E-state index in [1.807, 2.05) is 0 Å². The number of hydrogen-bond acceptors (Lipinski definition) is 3. The number of rotatable bonds is 13. The Balaban J connectivity index is 4.06. The Morgan fingerprint density at radius 2 is 1.48 bits per heavy atom. The molecule has 0 saturated heterocycles. The second kappa shape index (κ2) is 13.1. The molecular weight excluding hydrogens is 264 g/mol. The fourth-order valence-electron chi connectivity index (χ4n) is 2.59. The van der Waals surface area contributed by atoms with Crippen LogP contribution in [0.2, 0.25) is 0 Å². The number of unbranched alkanes of at least 4 members (excludes halogenated alkanes) is 2. The zero-order valence-electron chi connectivity index (χ0n) is 14.6. The van der Waals surface area contributed by atoms with Crippen molar-refractivity contribution in [3.05, 3.63) is 0 Å². The maximum absolute atomic E-state index is 11.9. The maximum atomic E-state index is 11.9. The molecule has 3 atom stereocenters. The van der Waals surface area contributed by atoms with Gasteiger partial charge in [-0.25, -0.2) is 4.79 Å². The van der Waals surface area contributed by atoms with Crippen LogP contribution in [0.5, 0.6) is 0 Å². The highest BCUT2D eigenvalue weighted by Gasteiger charge is 2.21. The number of esters is 1. The minimum Gasteiger partial charge on any atom is -0.463 e. The van der Waals surface area contributed by atoms with Gasteiger partial charge in [0.25, 0.3) is 0 Å². The predicted octanol–water partition coefficient (Wildman–Crippen LogP) is 4.71. The summed E-state index contributed by atoms with van der Waals surface area (Å²) in [6.45, 7) is 9.04. The molecule has 1 N–H and O–H groups in total. The molecule has 3 heteroatoms. The number of carbonyl (C=O) groups excluding carboxylic acids is 1. The van der Waals surface area contributed by atoms with Gasteiger partial charge in [-0.3, -0.25) is 0 Å². The quantitative estimate of drug-likeness (QED) is 0.501. The lowest BCUT2D eigenvalue weighted by molar-refractivity contribution is -0.156. The van der Waals surface area contributed by atoms with E-state index < -0.39 is 12.1 Å². The average molecular weight is 300 g/mol. The number of hydrogen-bond donors (Lipinski definition) is 1. The van der Waals surface area contributed by atoms with Crippen LogP contribution in [0, 0.1) is 11.8 Å². The van der Waals surface area contributed by atoms with E-state index in [0.717, 1.165) is 38.5 Å². The zero-order valence-corrected chi connectivity index (χ0v) is 14.6. The SMILES string of the molecule is CCCCC(CC)COC(=O)C(O)CC(CC)CCCC. The van der Waals surface area contributed by atoms with Crippen LogP contribution in [0.4, 0.5) is 0 Å². The van der Waals surface area contributed by atoms with Gasteiger partial charge >= 0.3 is 5.97 Å². The first-order valence-corrected chi connectivity index (χ1v) is 8.93. The molecule has 0 rings (SSSR count). The van der Waals surface area contributed by atoms with E-state index >= 15 is 0 Å². The fraction of sp³-hybridized carbons (Fsp3) is 0.944. The zero-order chi connectivity index (χ0) is 16.1. The van der Waals surface area contributed by atoms with Crippen LogP contribution in [0.3, 0.4) is 0 Å². The first-order valence-electron chi connectivity index (χ1n) is 8.93. The third kappa shape index (κ3) is 9.89. The molecule has 0 amide bonds. The maximum Gasteiger partial charge on any atom is 0.334 e. The summed E-state index contributed by atoms with van der Waals surface area (Å²) < 4.78 is 5.31. The summed E-state index contributed by atoms with van der Waals surface area (Å²) in [5, 5.41) is 10.0. The van der Waals surface area contributed by atoms with E-state index in [2.05, 4.69) is 27.7 Å². The predicted molar refractivity (Wildman–Crippen MR) is 88.2 cm³/mol. The van der Waals surface area contributed by atoms with Crippen molar-refractivity contribution in [2.75, 3.05) is 6.61 Å². The Labute approximate surface area is 131 Å². The van der Waals surface area contributed by atoms with E-state index in [1.54, 1.807) is 0 Å². The molecule has 0 fully saturated rings. The Morgan fingerprint density at radius 1 is 0.952 bits per heavy atom. The van der Waals surface area contributed by atoms with Gasteiger partial charge < -0.3 is 9.84 Å². The van der Waals surface area contributed by atoms with Gasteiger partial charge in [0.15, 0.2) is 6.10 Å². The van der Waals surface area contributed by atoms with Crippen LogP contribution in [0.15, 0.2) is 0 Å². The highest BCUT2D eigenvalue weighted by molar-refractivity contribution is 5.74. The molecule has 126 valence electrons. The van der Waals surface area contributed by atoms with Crippen LogP contribution < -0.4 is 0 Å². The largest absolute Gasteiger partial charge is 0.463 e. The molecule has 0 heterocycles. The van der Waals surface area contributed by atoms with Gasteiger partial charge in [-0.2, -0.15) is 0 Å². The van der Waals surface area contributed by atoms with Crippen molar-refractivity contribution in [1.82, 2.24) is 0 Å². The van der Waals surface area contributed by atoms with E-state index in [1.165, 1.54) is 12.8 Å². The van der Waals surface area contributed by atoms with Gasteiger partial charge in [0.2, 0.25) is 0 Å². The van der Waals surface area contributed by atoms with E-state index in [0.29, 0.717) is 24.9 Å². The fourth-order valence-corrected chi connectivity index (χ4v) is 2.59. The minimum absolute atomic E-state index is 0.426. The van der Waals surface area contributed by atoms with Crippen molar-refractivity contribution in [2.45, 2.75) is 91.6 Å². The third-order valence-corrected chi connectivity index (χ3v) is 4.38. The van der Waals surface area contributed by atoms with Crippen molar-refractivity contribution < 1.29 is 14.6 Å². The Morgan fingerprint density at radius 3 is 1.95 bits per heavy atom. The lowest BCUT2D eigenvalue weighted by Crippen LogP contribution is -2.27. The minimum atomic E-state index is -0.949. The molecule has 0 radical (unpaired) electrons. The topological polar surface area (TPSA) is 46.5 Å². The summed E-state index contributed by atoms with van der Waals surface area (Å²) in [5.74, 6) is 0.428. The molecule has 0 bridgehead atoms. The van der Waals surface area contributed by atoms with Crippen molar-refractivity contribution in [3.63, 3.8) is 0 Å². The lowest BCUT2D eigenvalue weighted by Gasteiger charge is -2.19. The lowest BCUT2D eigenvalue weighted by atomic mass is 9.93. The molecule has 0 aliphatic rings.